The fourth-order valence-corrected chi connectivity index (χ4v) is 1.79. The Balaban J connectivity index is 2.23. The highest BCUT2D eigenvalue weighted by Crippen LogP contribution is 2.20. The maximum absolute atomic E-state index is 4.03. The Hall–Kier alpha value is -1.27. The molecule has 0 unspecified atom stereocenters. The first kappa shape index (κ1) is 8.33. The van der Waals surface area contributed by atoms with Crippen molar-refractivity contribution < 1.29 is 0 Å². The number of hydrogen-bond donors (Lipinski definition) is 2. The maximum Gasteiger partial charge on any atom is 0.165 e. The minimum absolute atomic E-state index is 0.756. The van der Waals surface area contributed by atoms with Crippen LogP contribution in [-0.2, 0) is 6.54 Å². The molecule has 0 aliphatic rings. The van der Waals surface area contributed by atoms with Gasteiger partial charge in [-0.15, -0.1) is 10.2 Å². The second-order valence-electron chi connectivity index (χ2n) is 2.50. The molecule has 0 radical (unpaired) electrons. The van der Waals surface area contributed by atoms with Crippen LogP contribution >= 0.6 is 11.3 Å². The van der Waals surface area contributed by atoms with Gasteiger partial charge in [-0.05, 0) is 13.1 Å². The molecule has 0 saturated carbocycles. The SMILES string of the molecule is CNCc1nnc(-c2ccn[nH]2)s1. The van der Waals surface area contributed by atoms with Gasteiger partial charge in [0, 0.05) is 12.7 Å². The summed E-state index contributed by atoms with van der Waals surface area (Å²) in [7, 11) is 1.89. The van der Waals surface area contributed by atoms with E-state index in [4.69, 9.17) is 0 Å². The standard InChI is InChI=1S/C7H9N5S/c1-8-4-6-11-12-7(13-6)5-2-3-9-10-5/h2-3,8H,4H2,1H3,(H,9,10). The third kappa shape index (κ3) is 1.73. The molecule has 0 saturated heterocycles. The zero-order valence-electron chi connectivity index (χ0n) is 7.11. The van der Waals surface area contributed by atoms with Crippen molar-refractivity contribution >= 4 is 11.3 Å². The van der Waals surface area contributed by atoms with Crippen molar-refractivity contribution in [3.8, 4) is 10.7 Å². The smallest absolute Gasteiger partial charge is 0.165 e. The third-order valence-corrected chi connectivity index (χ3v) is 2.48. The van der Waals surface area contributed by atoms with Crippen molar-refractivity contribution in [3.05, 3.63) is 17.3 Å². The van der Waals surface area contributed by atoms with Gasteiger partial charge < -0.3 is 5.32 Å². The number of aromatic amines is 1. The van der Waals surface area contributed by atoms with Crippen molar-refractivity contribution in [3.63, 3.8) is 0 Å². The van der Waals surface area contributed by atoms with Crippen LogP contribution in [0.15, 0.2) is 12.3 Å². The summed E-state index contributed by atoms with van der Waals surface area (Å²) in [6.07, 6.45) is 1.70. The molecular formula is C7H9N5S. The minimum Gasteiger partial charge on any atom is -0.313 e. The molecule has 0 aliphatic heterocycles. The number of rotatable bonds is 3. The van der Waals surface area contributed by atoms with Gasteiger partial charge in [0.2, 0.25) is 0 Å². The topological polar surface area (TPSA) is 66.5 Å². The van der Waals surface area contributed by atoms with E-state index in [0.29, 0.717) is 0 Å². The quantitative estimate of drug-likeness (QED) is 0.754. The number of nitrogens with one attached hydrogen (secondary N) is 2. The maximum atomic E-state index is 4.03. The van der Waals surface area contributed by atoms with Crippen LogP contribution in [0.3, 0.4) is 0 Å². The van der Waals surface area contributed by atoms with E-state index < -0.39 is 0 Å². The van der Waals surface area contributed by atoms with Crippen LogP contribution in [0.2, 0.25) is 0 Å². The molecule has 68 valence electrons. The number of H-pyrrole nitrogens is 1. The lowest BCUT2D eigenvalue weighted by Crippen LogP contribution is -2.04. The summed E-state index contributed by atoms with van der Waals surface area (Å²) in [5.41, 5.74) is 0.917. The van der Waals surface area contributed by atoms with Gasteiger partial charge in [-0.2, -0.15) is 5.10 Å². The fourth-order valence-electron chi connectivity index (χ4n) is 0.960. The van der Waals surface area contributed by atoms with Crippen molar-refractivity contribution in [1.82, 2.24) is 25.7 Å². The molecule has 2 rings (SSSR count). The summed E-state index contributed by atoms with van der Waals surface area (Å²) in [5.74, 6) is 0. The van der Waals surface area contributed by atoms with Crippen molar-refractivity contribution in [1.29, 1.82) is 0 Å². The van der Waals surface area contributed by atoms with E-state index in [1.807, 2.05) is 13.1 Å². The second kappa shape index (κ2) is 3.63. The summed E-state index contributed by atoms with van der Waals surface area (Å²) in [5, 5.41) is 19.6. The normalized spacial score (nSPS) is 10.5. The van der Waals surface area contributed by atoms with Crippen molar-refractivity contribution in [2.75, 3.05) is 7.05 Å². The van der Waals surface area contributed by atoms with Gasteiger partial charge in [-0.25, -0.2) is 0 Å². The van der Waals surface area contributed by atoms with E-state index in [-0.39, 0.29) is 0 Å². The molecule has 2 heterocycles. The average Bonchev–Trinajstić information content (AvgIpc) is 2.70. The van der Waals surface area contributed by atoms with Crippen LogP contribution in [0.25, 0.3) is 10.7 Å². The molecule has 2 aromatic rings. The first-order chi connectivity index (χ1) is 6.40. The van der Waals surface area contributed by atoms with Gasteiger partial charge >= 0.3 is 0 Å². The zero-order chi connectivity index (χ0) is 9.10. The van der Waals surface area contributed by atoms with E-state index in [0.717, 1.165) is 22.3 Å². The van der Waals surface area contributed by atoms with E-state index in [9.17, 15) is 0 Å². The summed E-state index contributed by atoms with van der Waals surface area (Å²) in [6, 6.07) is 1.88. The summed E-state index contributed by atoms with van der Waals surface area (Å²) < 4.78 is 0. The van der Waals surface area contributed by atoms with E-state index >= 15 is 0 Å². The number of aromatic nitrogens is 4. The molecule has 2 aromatic heterocycles. The Bertz CT molecular complexity index is 366. The van der Waals surface area contributed by atoms with E-state index in [2.05, 4.69) is 25.7 Å². The minimum atomic E-state index is 0.756. The Morgan fingerprint density at radius 1 is 1.54 bits per heavy atom. The van der Waals surface area contributed by atoms with Crippen molar-refractivity contribution in [2.24, 2.45) is 0 Å². The molecule has 6 heteroatoms. The Labute approximate surface area is 79.2 Å². The first-order valence-corrected chi connectivity index (χ1v) is 4.68. The monoisotopic (exact) mass is 195 g/mol. The van der Waals surface area contributed by atoms with Gasteiger partial charge in [0.1, 0.15) is 5.01 Å². The van der Waals surface area contributed by atoms with Gasteiger partial charge in [0.25, 0.3) is 0 Å². The Morgan fingerprint density at radius 2 is 2.46 bits per heavy atom. The van der Waals surface area contributed by atoms with E-state index in [1.54, 1.807) is 17.5 Å². The molecule has 0 aliphatic carbocycles. The van der Waals surface area contributed by atoms with Gasteiger partial charge in [0.15, 0.2) is 5.01 Å². The average molecular weight is 195 g/mol. The van der Waals surface area contributed by atoms with Crippen LogP contribution in [-0.4, -0.2) is 27.4 Å². The lowest BCUT2D eigenvalue weighted by atomic mass is 10.5. The lowest BCUT2D eigenvalue weighted by molar-refractivity contribution is 0.794. The van der Waals surface area contributed by atoms with Gasteiger partial charge in [-0.3, -0.25) is 5.10 Å². The van der Waals surface area contributed by atoms with Crippen molar-refractivity contribution in [2.45, 2.75) is 6.54 Å². The summed E-state index contributed by atoms with van der Waals surface area (Å²) in [4.78, 5) is 0. The van der Waals surface area contributed by atoms with Crippen LogP contribution in [0, 0.1) is 0 Å². The Kier molecular flexibility index (Phi) is 2.33. The van der Waals surface area contributed by atoms with Crippen LogP contribution < -0.4 is 5.32 Å². The van der Waals surface area contributed by atoms with Gasteiger partial charge in [0.05, 0.1) is 5.69 Å². The molecule has 0 atom stereocenters. The molecular weight excluding hydrogens is 186 g/mol. The highest BCUT2D eigenvalue weighted by molar-refractivity contribution is 7.14. The summed E-state index contributed by atoms with van der Waals surface area (Å²) >= 11 is 1.56. The Morgan fingerprint density at radius 3 is 3.15 bits per heavy atom. The van der Waals surface area contributed by atoms with Crippen LogP contribution in [0.4, 0.5) is 0 Å². The molecule has 0 amide bonds. The first-order valence-electron chi connectivity index (χ1n) is 3.87. The third-order valence-electron chi connectivity index (χ3n) is 1.53. The number of nitrogens with zero attached hydrogens (tertiary/aromatic N) is 3. The molecule has 0 spiro atoms. The fraction of sp³-hybridized carbons (Fsp3) is 0.286. The molecule has 2 N–H and O–H groups in total. The van der Waals surface area contributed by atoms with E-state index in [1.165, 1.54) is 0 Å². The molecule has 5 nitrogen and oxygen atoms in total. The van der Waals surface area contributed by atoms with Gasteiger partial charge in [-0.1, -0.05) is 11.3 Å². The predicted molar refractivity (Wildman–Crippen MR) is 50.3 cm³/mol. The second-order valence-corrected chi connectivity index (χ2v) is 3.56. The summed E-state index contributed by atoms with van der Waals surface area (Å²) in [6.45, 7) is 0.756. The highest BCUT2D eigenvalue weighted by atomic mass is 32.1. The molecule has 0 aromatic carbocycles. The van der Waals surface area contributed by atoms with Crippen LogP contribution in [0.5, 0.6) is 0 Å². The molecule has 0 fully saturated rings. The van der Waals surface area contributed by atoms with Crippen LogP contribution in [0.1, 0.15) is 5.01 Å². The highest BCUT2D eigenvalue weighted by Gasteiger charge is 2.05. The molecule has 0 bridgehead atoms. The zero-order valence-corrected chi connectivity index (χ0v) is 7.93. The number of hydrogen-bond acceptors (Lipinski definition) is 5. The predicted octanol–water partition coefficient (Wildman–Crippen LogP) is 0.648. The molecule has 13 heavy (non-hydrogen) atoms. The lowest BCUT2D eigenvalue weighted by Gasteiger charge is -1.88. The largest absolute Gasteiger partial charge is 0.313 e.